The Morgan fingerprint density at radius 1 is 1.45 bits per heavy atom. The van der Waals surface area contributed by atoms with Gasteiger partial charge in [0.05, 0.1) is 6.61 Å². The van der Waals surface area contributed by atoms with Crippen molar-refractivity contribution in [2.45, 2.75) is 13.8 Å². The molecule has 0 spiro atoms. The van der Waals surface area contributed by atoms with Gasteiger partial charge in [-0.05, 0) is 6.92 Å². The van der Waals surface area contributed by atoms with E-state index in [0.717, 1.165) is 0 Å². The molecule has 0 aliphatic carbocycles. The summed E-state index contributed by atoms with van der Waals surface area (Å²) in [5.74, 6) is 0. The van der Waals surface area contributed by atoms with Gasteiger partial charge in [-0.1, -0.05) is 42.4 Å². The average molecular weight is 299 g/mol. The van der Waals surface area contributed by atoms with E-state index in [0.29, 0.717) is 12.1 Å². The van der Waals surface area contributed by atoms with Crippen LogP contribution in [0.2, 0.25) is 0 Å². The summed E-state index contributed by atoms with van der Waals surface area (Å²) in [6, 6.07) is 10.6. The fourth-order valence-electron chi connectivity index (χ4n) is 1.16. The Hall–Kier alpha value is -1.71. The van der Waals surface area contributed by atoms with Crippen molar-refractivity contribution in [3.05, 3.63) is 35.9 Å². The van der Waals surface area contributed by atoms with Crippen molar-refractivity contribution in [2.24, 2.45) is 5.16 Å². The quantitative estimate of drug-likeness (QED) is 0.332. The maximum atomic E-state index is 10.6. The first-order valence-corrected chi connectivity index (χ1v) is 7.48. The van der Waals surface area contributed by atoms with Crippen LogP contribution in [-0.4, -0.2) is 29.0 Å². The van der Waals surface area contributed by atoms with E-state index in [1.54, 1.807) is 44.2 Å². The molecule has 0 aliphatic rings. The highest BCUT2D eigenvalue weighted by atomic mass is 31.2. The Morgan fingerprint density at radius 2 is 2.05 bits per heavy atom. The lowest BCUT2D eigenvalue weighted by atomic mass is 10.1. The van der Waals surface area contributed by atoms with Gasteiger partial charge >= 0.3 is 7.75 Å². The second kappa shape index (κ2) is 10.1. The van der Waals surface area contributed by atoms with Gasteiger partial charge in [-0.2, -0.15) is 5.26 Å². The van der Waals surface area contributed by atoms with Crippen LogP contribution in [0, 0.1) is 11.3 Å². The largest absolute Gasteiger partial charge is 0.410 e. The first kappa shape index (κ1) is 18.3. The molecular weight excluding hydrogens is 281 g/mol. The molecule has 0 aromatic heterocycles. The van der Waals surface area contributed by atoms with Crippen LogP contribution in [0.25, 0.3) is 0 Å². The van der Waals surface area contributed by atoms with Gasteiger partial charge in [-0.15, -0.1) is 0 Å². The summed E-state index contributed by atoms with van der Waals surface area (Å²) in [6.07, 6.45) is 0. The number of nitriles is 1. The fraction of sp³-hybridized carbons (Fsp3) is 0.333. The van der Waals surface area contributed by atoms with Crippen LogP contribution >= 0.6 is 7.75 Å². The lowest BCUT2D eigenvalue weighted by Gasteiger charge is -2.08. The Labute approximate surface area is 118 Å². The minimum atomic E-state index is -3.44. The SMILES string of the molecule is CCNP(=O)(O)OCC.N#C/C(=N/O)c1ccccc1. The van der Waals surface area contributed by atoms with Crippen LogP contribution in [0.4, 0.5) is 0 Å². The Morgan fingerprint density at radius 3 is 2.45 bits per heavy atom. The third-order valence-corrected chi connectivity index (χ3v) is 3.24. The van der Waals surface area contributed by atoms with Crippen LogP contribution in [0.5, 0.6) is 0 Å². The number of nitrogens with zero attached hydrogens (tertiary/aromatic N) is 2. The number of oxime groups is 1. The summed E-state index contributed by atoms with van der Waals surface area (Å²) >= 11 is 0. The van der Waals surface area contributed by atoms with Crippen molar-refractivity contribution in [2.75, 3.05) is 13.2 Å². The number of hydrogen-bond acceptors (Lipinski definition) is 5. The molecule has 1 rings (SSSR count). The maximum Gasteiger partial charge on any atom is 0.402 e. The van der Waals surface area contributed by atoms with Crippen molar-refractivity contribution >= 4 is 13.5 Å². The van der Waals surface area contributed by atoms with Crippen molar-refractivity contribution in [3.63, 3.8) is 0 Å². The number of benzene rings is 1. The molecule has 8 heteroatoms. The summed E-state index contributed by atoms with van der Waals surface area (Å²) < 4.78 is 15.1. The van der Waals surface area contributed by atoms with Crippen LogP contribution in [0.3, 0.4) is 0 Å². The van der Waals surface area contributed by atoms with E-state index in [1.807, 2.05) is 6.07 Å². The summed E-state index contributed by atoms with van der Waals surface area (Å²) in [5.41, 5.74) is 0.656. The monoisotopic (exact) mass is 299 g/mol. The molecule has 7 nitrogen and oxygen atoms in total. The first-order chi connectivity index (χ1) is 9.50. The van der Waals surface area contributed by atoms with Crippen molar-refractivity contribution in [3.8, 4) is 6.07 Å². The zero-order valence-corrected chi connectivity index (χ0v) is 12.2. The van der Waals surface area contributed by atoms with E-state index >= 15 is 0 Å². The molecule has 20 heavy (non-hydrogen) atoms. The molecule has 0 saturated carbocycles. The van der Waals surface area contributed by atoms with Crippen molar-refractivity contribution in [1.29, 1.82) is 5.26 Å². The van der Waals surface area contributed by atoms with Gasteiger partial charge in [0.15, 0.2) is 5.71 Å². The lowest BCUT2D eigenvalue weighted by molar-refractivity contribution is 0.264. The van der Waals surface area contributed by atoms with E-state index in [4.69, 9.17) is 15.4 Å². The third-order valence-electron chi connectivity index (χ3n) is 1.92. The lowest BCUT2D eigenvalue weighted by Crippen LogP contribution is -2.10. The molecule has 0 fully saturated rings. The molecule has 1 unspecified atom stereocenters. The minimum absolute atomic E-state index is 0.0330. The van der Waals surface area contributed by atoms with Gasteiger partial charge in [-0.3, -0.25) is 4.52 Å². The zero-order valence-electron chi connectivity index (χ0n) is 11.4. The molecule has 1 aromatic rings. The normalized spacial score (nSPS) is 13.6. The maximum absolute atomic E-state index is 10.6. The average Bonchev–Trinajstić information content (AvgIpc) is 2.42. The summed E-state index contributed by atoms with van der Waals surface area (Å²) in [4.78, 5) is 8.74. The van der Waals surface area contributed by atoms with E-state index in [9.17, 15) is 4.57 Å². The Kier molecular flexibility index (Phi) is 9.26. The fourth-order valence-corrected chi connectivity index (χ4v) is 2.00. The highest BCUT2D eigenvalue weighted by Crippen LogP contribution is 2.35. The molecule has 0 amide bonds. The van der Waals surface area contributed by atoms with Crippen molar-refractivity contribution < 1.29 is 19.2 Å². The summed E-state index contributed by atoms with van der Waals surface area (Å²) in [7, 11) is -3.44. The predicted molar refractivity (Wildman–Crippen MR) is 75.5 cm³/mol. The number of nitrogens with one attached hydrogen (secondary N) is 1. The Balaban J connectivity index is 0.000000370. The highest BCUT2D eigenvalue weighted by molar-refractivity contribution is 7.50. The van der Waals surface area contributed by atoms with Crippen molar-refractivity contribution in [1.82, 2.24) is 5.09 Å². The van der Waals surface area contributed by atoms with Gasteiger partial charge in [-0.25, -0.2) is 9.65 Å². The van der Waals surface area contributed by atoms with E-state index in [1.165, 1.54) is 0 Å². The second-order valence-electron chi connectivity index (χ2n) is 3.38. The van der Waals surface area contributed by atoms with Crippen LogP contribution < -0.4 is 5.09 Å². The molecule has 0 bridgehead atoms. The van der Waals surface area contributed by atoms with Gasteiger partial charge < -0.3 is 10.1 Å². The van der Waals surface area contributed by atoms with Gasteiger partial charge in [0.2, 0.25) is 0 Å². The standard InChI is InChI=1S/C8H6N2O.C4H12NO3P/c9-6-8(10-11)7-4-2-1-3-5-7;1-3-5-9(6,7)8-4-2/h1-5,11H;3-4H2,1-2H3,(H2,5,6,7)/b10-8-;. The molecule has 0 aliphatic heterocycles. The summed E-state index contributed by atoms with van der Waals surface area (Å²) in [5, 5.41) is 21.9. The molecule has 3 N–H and O–H groups in total. The smallest absolute Gasteiger partial charge is 0.402 e. The van der Waals surface area contributed by atoms with Gasteiger partial charge in [0, 0.05) is 12.1 Å². The molecule has 0 saturated heterocycles. The topological polar surface area (TPSA) is 115 Å². The van der Waals surface area contributed by atoms with E-state index < -0.39 is 7.75 Å². The predicted octanol–water partition coefficient (Wildman–Crippen LogP) is 2.12. The highest BCUT2D eigenvalue weighted by Gasteiger charge is 2.14. The molecule has 1 aromatic carbocycles. The van der Waals surface area contributed by atoms with Crippen LogP contribution in [-0.2, 0) is 9.09 Å². The Bertz CT molecular complexity index is 489. The number of hydrogen-bond donors (Lipinski definition) is 3. The van der Waals surface area contributed by atoms with Gasteiger partial charge in [0.25, 0.3) is 0 Å². The third kappa shape index (κ3) is 7.67. The van der Waals surface area contributed by atoms with E-state index in [-0.39, 0.29) is 12.3 Å². The number of rotatable bonds is 5. The van der Waals surface area contributed by atoms with Gasteiger partial charge in [0.1, 0.15) is 6.07 Å². The second-order valence-corrected chi connectivity index (χ2v) is 4.99. The van der Waals surface area contributed by atoms with Crippen LogP contribution in [0.1, 0.15) is 19.4 Å². The van der Waals surface area contributed by atoms with Crippen LogP contribution in [0.15, 0.2) is 35.5 Å². The molecule has 1 atom stereocenters. The van der Waals surface area contributed by atoms with E-state index in [2.05, 4.69) is 14.8 Å². The molecule has 110 valence electrons. The zero-order chi connectivity index (χ0) is 15.4. The molecule has 0 heterocycles. The molecular formula is C12H18N3O4P. The summed E-state index contributed by atoms with van der Waals surface area (Å²) in [6.45, 7) is 4.09. The first-order valence-electron chi connectivity index (χ1n) is 5.90. The minimum Gasteiger partial charge on any atom is -0.410 e. The molecule has 0 radical (unpaired) electrons.